The van der Waals surface area contributed by atoms with E-state index in [0.717, 1.165) is 24.2 Å². The summed E-state index contributed by atoms with van der Waals surface area (Å²) in [7, 11) is 0. The normalized spacial score (nSPS) is 43.4. The Morgan fingerprint density at radius 2 is 2.38 bits per heavy atom. The number of ether oxygens (including phenoxy) is 2. The number of aliphatic hydroxyl groups excluding tert-OH is 1. The number of rotatable bonds is 2. The third-order valence-electron chi connectivity index (χ3n) is 4.82. The van der Waals surface area contributed by atoms with Crippen molar-refractivity contribution in [1.29, 1.82) is 0 Å². The van der Waals surface area contributed by atoms with Gasteiger partial charge in [-0.3, -0.25) is 10.1 Å². The lowest BCUT2D eigenvalue weighted by atomic mass is 9.95. The van der Waals surface area contributed by atoms with Gasteiger partial charge in [0, 0.05) is 29.7 Å². The van der Waals surface area contributed by atoms with Gasteiger partial charge in [-0.15, -0.1) is 11.8 Å². The minimum Gasteiger partial charge on any atom is -0.462 e. The number of hydrogen-bond acceptors (Lipinski definition) is 6. The van der Waals surface area contributed by atoms with Crippen molar-refractivity contribution in [2.45, 2.75) is 44.7 Å². The highest BCUT2D eigenvalue weighted by Gasteiger charge is 2.46. The Hall–Kier alpha value is -0.980. The van der Waals surface area contributed by atoms with Crippen LogP contribution in [0.3, 0.4) is 0 Å². The molecule has 5 nitrogen and oxygen atoms in total. The third kappa shape index (κ3) is 2.20. The fraction of sp³-hybridized carbons (Fsp3) is 0.667. The zero-order valence-corrected chi connectivity index (χ0v) is 12.7. The fourth-order valence-corrected chi connectivity index (χ4v) is 4.94. The Morgan fingerprint density at radius 1 is 1.52 bits per heavy atom. The van der Waals surface area contributed by atoms with Crippen molar-refractivity contribution < 1.29 is 19.4 Å². The molecule has 114 valence electrons. The van der Waals surface area contributed by atoms with Crippen LogP contribution < -0.4 is 5.32 Å². The van der Waals surface area contributed by atoms with Crippen LogP contribution in [-0.4, -0.2) is 35.4 Å². The Balaban J connectivity index is 1.46. The number of cyclic esters (lactones) is 1. The van der Waals surface area contributed by atoms with Crippen LogP contribution in [-0.2, 0) is 14.3 Å². The number of nitrogens with one attached hydrogen (secondary N) is 1. The summed E-state index contributed by atoms with van der Waals surface area (Å²) < 4.78 is 10.7. The number of aliphatic hydroxyl groups is 1. The van der Waals surface area contributed by atoms with Crippen molar-refractivity contribution in [2.24, 2.45) is 11.8 Å². The predicted octanol–water partition coefficient (Wildman–Crippen LogP) is 1.50. The molecule has 0 saturated carbocycles. The first-order chi connectivity index (χ1) is 10.1. The zero-order valence-electron chi connectivity index (χ0n) is 11.9. The average Bonchev–Trinajstić information content (AvgIpc) is 3.13. The van der Waals surface area contributed by atoms with Gasteiger partial charge in [-0.1, -0.05) is 6.92 Å². The van der Waals surface area contributed by atoms with Crippen LogP contribution in [0, 0.1) is 11.8 Å². The van der Waals surface area contributed by atoms with Crippen molar-refractivity contribution in [2.75, 3.05) is 5.75 Å². The van der Waals surface area contributed by atoms with Gasteiger partial charge in [0.25, 0.3) is 0 Å². The highest BCUT2D eigenvalue weighted by molar-refractivity contribution is 8.03. The molecule has 3 aliphatic heterocycles. The molecule has 0 aromatic heterocycles. The number of esters is 1. The van der Waals surface area contributed by atoms with Gasteiger partial charge in [0.05, 0.1) is 12.2 Å². The molecule has 0 spiro atoms. The van der Waals surface area contributed by atoms with Crippen LogP contribution in [0.5, 0.6) is 0 Å². The fourth-order valence-electron chi connectivity index (χ4n) is 3.66. The minimum atomic E-state index is -0.658. The van der Waals surface area contributed by atoms with E-state index in [1.165, 1.54) is 10.5 Å². The topological polar surface area (TPSA) is 67.8 Å². The molecule has 0 aromatic rings. The molecular weight excluding hydrogens is 290 g/mol. The molecular formula is C15H19NO4S. The highest BCUT2D eigenvalue weighted by Crippen LogP contribution is 2.50. The molecule has 0 bridgehead atoms. The van der Waals surface area contributed by atoms with Crippen LogP contribution in [0.25, 0.3) is 0 Å². The van der Waals surface area contributed by atoms with E-state index >= 15 is 0 Å². The Labute approximate surface area is 127 Å². The second-order valence-electron chi connectivity index (χ2n) is 6.16. The van der Waals surface area contributed by atoms with Gasteiger partial charge in [-0.2, -0.15) is 0 Å². The number of carbonyl (C=O) groups excluding carboxylic acids is 1. The summed E-state index contributed by atoms with van der Waals surface area (Å²) in [5, 5.41) is 13.5. The van der Waals surface area contributed by atoms with E-state index in [1.807, 2.05) is 18.7 Å². The van der Waals surface area contributed by atoms with Gasteiger partial charge in [0.15, 0.2) is 0 Å². The molecule has 4 rings (SSSR count). The predicted molar refractivity (Wildman–Crippen MR) is 78.0 cm³/mol. The van der Waals surface area contributed by atoms with Gasteiger partial charge >= 0.3 is 5.97 Å². The third-order valence-corrected chi connectivity index (χ3v) is 6.01. The summed E-state index contributed by atoms with van der Waals surface area (Å²) in [6.07, 6.45) is 3.13. The zero-order chi connectivity index (χ0) is 14.6. The molecule has 0 radical (unpaired) electrons. The van der Waals surface area contributed by atoms with Gasteiger partial charge in [0.1, 0.15) is 6.23 Å². The quantitative estimate of drug-likeness (QED) is 0.595. The largest absolute Gasteiger partial charge is 0.462 e. The van der Waals surface area contributed by atoms with Gasteiger partial charge in [-0.05, 0) is 23.3 Å². The van der Waals surface area contributed by atoms with E-state index in [2.05, 4.69) is 5.32 Å². The number of carbonyl (C=O) groups is 1. The Bertz CT molecular complexity index is 544. The van der Waals surface area contributed by atoms with Crippen LogP contribution >= 0.6 is 11.8 Å². The second-order valence-corrected chi connectivity index (χ2v) is 7.35. The molecule has 5 unspecified atom stereocenters. The summed E-state index contributed by atoms with van der Waals surface area (Å²) >= 11 is 1.94. The maximum Gasteiger partial charge on any atom is 0.312 e. The van der Waals surface area contributed by atoms with Gasteiger partial charge in [-0.25, -0.2) is 0 Å². The minimum absolute atomic E-state index is 0.110. The Kier molecular flexibility index (Phi) is 3.28. The lowest BCUT2D eigenvalue weighted by Crippen LogP contribution is -2.31. The van der Waals surface area contributed by atoms with Crippen molar-refractivity contribution >= 4 is 17.7 Å². The van der Waals surface area contributed by atoms with Gasteiger partial charge in [0.2, 0.25) is 6.29 Å². The number of thioether (sulfide) groups is 1. The number of hydrogen-bond donors (Lipinski definition) is 2. The van der Waals surface area contributed by atoms with E-state index in [-0.39, 0.29) is 23.8 Å². The van der Waals surface area contributed by atoms with Crippen molar-refractivity contribution in [3.8, 4) is 0 Å². The Morgan fingerprint density at radius 3 is 3.14 bits per heavy atom. The smallest absolute Gasteiger partial charge is 0.312 e. The van der Waals surface area contributed by atoms with E-state index in [4.69, 9.17) is 9.47 Å². The standard InChI is InChI=1S/C15H19NO4S/c1-7-4-12(20-15(7)18)19-6-10-9-5-11-8(2-3-21-11)13(9)16-14(10)17/h6-7,9,12-14,16-17H,2-5H2,1H3. The molecule has 5 atom stereocenters. The summed E-state index contributed by atoms with van der Waals surface area (Å²) in [5.74, 6) is 1.13. The molecule has 1 aliphatic carbocycles. The summed E-state index contributed by atoms with van der Waals surface area (Å²) in [4.78, 5) is 12.8. The number of fused-ring (bicyclic) bond motifs is 2. The van der Waals surface area contributed by atoms with Crippen LogP contribution in [0.15, 0.2) is 22.3 Å². The van der Waals surface area contributed by atoms with Crippen LogP contribution in [0.1, 0.15) is 26.2 Å². The highest BCUT2D eigenvalue weighted by atomic mass is 32.2. The molecule has 6 heteroatoms. The maximum atomic E-state index is 11.4. The molecule has 0 amide bonds. The molecule has 3 heterocycles. The van der Waals surface area contributed by atoms with Crippen LogP contribution in [0.4, 0.5) is 0 Å². The molecule has 21 heavy (non-hydrogen) atoms. The van der Waals surface area contributed by atoms with E-state index < -0.39 is 12.5 Å². The molecule has 4 aliphatic rings. The van der Waals surface area contributed by atoms with E-state index in [0.29, 0.717) is 6.42 Å². The SMILES string of the molecule is CC1CC(OC=C2C(O)NC3C4=C(CC23)SCC4)OC1=O. The summed E-state index contributed by atoms with van der Waals surface area (Å²) in [5.41, 5.74) is 2.35. The monoisotopic (exact) mass is 309 g/mol. The lowest BCUT2D eigenvalue weighted by Gasteiger charge is -2.15. The summed E-state index contributed by atoms with van der Waals surface area (Å²) in [6, 6.07) is 0.255. The first-order valence-electron chi connectivity index (χ1n) is 7.48. The van der Waals surface area contributed by atoms with Gasteiger partial charge < -0.3 is 14.6 Å². The first-order valence-corrected chi connectivity index (χ1v) is 8.47. The van der Waals surface area contributed by atoms with E-state index in [9.17, 15) is 9.90 Å². The molecule has 0 aromatic carbocycles. The van der Waals surface area contributed by atoms with Crippen molar-refractivity contribution in [3.05, 3.63) is 22.3 Å². The number of allylic oxidation sites excluding steroid dienone is 1. The van der Waals surface area contributed by atoms with E-state index in [1.54, 1.807) is 6.26 Å². The average molecular weight is 309 g/mol. The van der Waals surface area contributed by atoms with Crippen LogP contribution in [0.2, 0.25) is 0 Å². The molecule has 2 fully saturated rings. The second kappa shape index (κ2) is 5.04. The molecule has 2 N–H and O–H groups in total. The molecule has 2 saturated heterocycles. The first kappa shape index (κ1) is 13.7. The summed E-state index contributed by atoms with van der Waals surface area (Å²) in [6.45, 7) is 1.84. The van der Waals surface area contributed by atoms with Crippen molar-refractivity contribution in [1.82, 2.24) is 5.32 Å². The lowest BCUT2D eigenvalue weighted by molar-refractivity contribution is -0.156. The maximum absolute atomic E-state index is 11.4. The van der Waals surface area contributed by atoms with Crippen molar-refractivity contribution in [3.63, 3.8) is 0 Å².